The maximum absolute atomic E-state index is 11.8. The Kier molecular flexibility index (Phi) is 3.09. The highest BCUT2D eigenvalue weighted by molar-refractivity contribution is 6.09. The number of benzene rings is 1. The van der Waals surface area contributed by atoms with E-state index in [9.17, 15) is 9.59 Å². The van der Waals surface area contributed by atoms with Crippen molar-refractivity contribution in [1.82, 2.24) is 0 Å². The normalized spacial score (nSPS) is 13.9. The van der Waals surface area contributed by atoms with E-state index in [1.807, 2.05) is 0 Å². The summed E-state index contributed by atoms with van der Waals surface area (Å²) in [5.41, 5.74) is 0.862. The summed E-state index contributed by atoms with van der Waals surface area (Å²) >= 11 is 0. The minimum absolute atomic E-state index is 0.0137. The number of ether oxygens (including phenoxy) is 2. The van der Waals surface area contributed by atoms with E-state index >= 15 is 0 Å². The Morgan fingerprint density at radius 1 is 1.41 bits per heavy atom. The molecule has 0 saturated heterocycles. The number of methoxy groups -OCH3 is 1. The van der Waals surface area contributed by atoms with Crippen molar-refractivity contribution in [3.05, 3.63) is 35.9 Å². The number of carbonyl (C=O) groups excluding carboxylic acids is 2. The molecule has 5 nitrogen and oxygen atoms in total. The first-order valence-electron chi connectivity index (χ1n) is 5.02. The lowest BCUT2D eigenvalue weighted by Crippen LogP contribution is -2.15. The lowest BCUT2D eigenvalue weighted by atomic mass is 10.2. The molecule has 1 aromatic carbocycles. The second-order valence-corrected chi connectivity index (χ2v) is 3.43. The van der Waals surface area contributed by atoms with E-state index in [1.54, 1.807) is 24.3 Å². The van der Waals surface area contributed by atoms with Gasteiger partial charge in [0.1, 0.15) is 12.4 Å². The standard InChI is InChI=1S/C12H11NO4/c1-16-10-5-3-2-4-9(10)13-12(15)8-6-11(14)17-7-8/h2-6H,7H2,1H3,(H,13,15). The summed E-state index contributed by atoms with van der Waals surface area (Å²) in [5.74, 6) is -0.290. The average Bonchev–Trinajstić information content (AvgIpc) is 2.77. The zero-order chi connectivity index (χ0) is 12.3. The van der Waals surface area contributed by atoms with Gasteiger partial charge in [0, 0.05) is 6.08 Å². The highest BCUT2D eigenvalue weighted by Crippen LogP contribution is 2.23. The number of carbonyl (C=O) groups is 2. The summed E-state index contributed by atoms with van der Waals surface area (Å²) in [7, 11) is 1.52. The van der Waals surface area contributed by atoms with Crippen LogP contribution in [0.25, 0.3) is 0 Å². The van der Waals surface area contributed by atoms with Crippen LogP contribution in [0.1, 0.15) is 0 Å². The molecule has 0 aromatic heterocycles. The molecule has 17 heavy (non-hydrogen) atoms. The fraction of sp³-hybridized carbons (Fsp3) is 0.167. The monoisotopic (exact) mass is 233 g/mol. The van der Waals surface area contributed by atoms with E-state index in [4.69, 9.17) is 4.74 Å². The molecule has 0 aliphatic carbocycles. The Morgan fingerprint density at radius 2 is 2.18 bits per heavy atom. The zero-order valence-corrected chi connectivity index (χ0v) is 9.23. The zero-order valence-electron chi connectivity index (χ0n) is 9.23. The van der Waals surface area contributed by atoms with Gasteiger partial charge in [-0.1, -0.05) is 12.1 Å². The Hall–Kier alpha value is -2.30. The second kappa shape index (κ2) is 4.69. The topological polar surface area (TPSA) is 64.6 Å². The number of cyclic esters (lactones) is 1. The van der Waals surface area contributed by atoms with Gasteiger partial charge in [0.25, 0.3) is 5.91 Å². The molecule has 1 heterocycles. The van der Waals surface area contributed by atoms with Crippen molar-refractivity contribution in [2.75, 3.05) is 19.0 Å². The summed E-state index contributed by atoms with van der Waals surface area (Å²) in [6.45, 7) is 0.0137. The fourth-order valence-electron chi connectivity index (χ4n) is 1.46. The number of esters is 1. The van der Waals surface area contributed by atoms with Crippen molar-refractivity contribution in [2.45, 2.75) is 0 Å². The molecule has 1 N–H and O–H groups in total. The Balaban J connectivity index is 2.13. The Morgan fingerprint density at radius 3 is 2.82 bits per heavy atom. The largest absolute Gasteiger partial charge is 0.495 e. The van der Waals surface area contributed by atoms with Crippen LogP contribution in [0.5, 0.6) is 5.75 Å². The van der Waals surface area contributed by atoms with E-state index in [1.165, 1.54) is 13.2 Å². The molecule has 5 heteroatoms. The van der Waals surface area contributed by atoms with Crippen LogP contribution in [0.2, 0.25) is 0 Å². The Labute approximate surface area is 98.0 Å². The minimum atomic E-state index is -0.491. The lowest BCUT2D eigenvalue weighted by Gasteiger charge is -2.09. The number of hydrogen-bond donors (Lipinski definition) is 1. The van der Waals surface area contributed by atoms with Gasteiger partial charge in [-0.2, -0.15) is 0 Å². The van der Waals surface area contributed by atoms with Crippen LogP contribution < -0.4 is 10.1 Å². The van der Waals surface area contributed by atoms with Crippen LogP contribution in [0, 0.1) is 0 Å². The molecule has 0 bridgehead atoms. The third-order valence-corrected chi connectivity index (χ3v) is 2.31. The van der Waals surface area contributed by atoms with Gasteiger partial charge in [0.15, 0.2) is 0 Å². The number of amides is 1. The molecule has 1 amide bonds. The molecule has 1 aromatic rings. The van der Waals surface area contributed by atoms with Gasteiger partial charge < -0.3 is 14.8 Å². The van der Waals surface area contributed by atoms with Crippen molar-refractivity contribution in [2.24, 2.45) is 0 Å². The van der Waals surface area contributed by atoms with E-state index in [0.29, 0.717) is 17.0 Å². The van der Waals surface area contributed by atoms with Crippen LogP contribution >= 0.6 is 0 Å². The van der Waals surface area contributed by atoms with E-state index in [0.717, 1.165) is 0 Å². The second-order valence-electron chi connectivity index (χ2n) is 3.43. The fourth-order valence-corrected chi connectivity index (χ4v) is 1.46. The van der Waals surface area contributed by atoms with Crippen LogP contribution in [0.4, 0.5) is 5.69 Å². The van der Waals surface area contributed by atoms with Crippen LogP contribution in [-0.4, -0.2) is 25.6 Å². The number of rotatable bonds is 3. The van der Waals surface area contributed by atoms with Crippen molar-refractivity contribution < 1.29 is 19.1 Å². The SMILES string of the molecule is COc1ccccc1NC(=O)C1=CC(=O)OC1. The van der Waals surface area contributed by atoms with Crippen LogP contribution in [0.3, 0.4) is 0 Å². The smallest absolute Gasteiger partial charge is 0.331 e. The van der Waals surface area contributed by atoms with E-state index in [2.05, 4.69) is 10.1 Å². The van der Waals surface area contributed by atoms with Gasteiger partial charge in [-0.05, 0) is 12.1 Å². The molecule has 0 fully saturated rings. The molecule has 88 valence electrons. The summed E-state index contributed by atoms with van der Waals surface area (Å²) in [6.07, 6.45) is 1.19. The minimum Gasteiger partial charge on any atom is -0.495 e. The van der Waals surface area contributed by atoms with Crippen molar-refractivity contribution in [3.8, 4) is 5.75 Å². The predicted octanol–water partition coefficient (Wildman–Crippen LogP) is 1.12. The first kappa shape index (κ1) is 11.2. The van der Waals surface area contributed by atoms with E-state index in [-0.39, 0.29) is 12.5 Å². The molecule has 0 atom stereocenters. The molecule has 2 rings (SSSR count). The molecule has 0 spiro atoms. The number of hydrogen-bond acceptors (Lipinski definition) is 4. The van der Waals surface area contributed by atoms with Crippen molar-refractivity contribution in [1.29, 1.82) is 0 Å². The predicted molar refractivity (Wildman–Crippen MR) is 60.7 cm³/mol. The average molecular weight is 233 g/mol. The Bertz CT molecular complexity index is 493. The van der Waals surface area contributed by atoms with Gasteiger partial charge in [-0.25, -0.2) is 4.79 Å². The maximum Gasteiger partial charge on any atom is 0.331 e. The quantitative estimate of drug-likeness (QED) is 0.794. The van der Waals surface area contributed by atoms with Crippen LogP contribution in [-0.2, 0) is 14.3 Å². The van der Waals surface area contributed by atoms with Gasteiger partial charge in [-0.15, -0.1) is 0 Å². The molecular weight excluding hydrogens is 222 g/mol. The van der Waals surface area contributed by atoms with Gasteiger partial charge in [0.05, 0.1) is 18.4 Å². The summed E-state index contributed by atoms with van der Waals surface area (Å²) in [4.78, 5) is 22.6. The molecule has 1 aliphatic rings. The first-order valence-corrected chi connectivity index (χ1v) is 5.02. The third-order valence-electron chi connectivity index (χ3n) is 2.31. The highest BCUT2D eigenvalue weighted by Gasteiger charge is 2.20. The highest BCUT2D eigenvalue weighted by atomic mass is 16.5. The molecule has 0 unspecified atom stereocenters. The molecule has 1 aliphatic heterocycles. The van der Waals surface area contributed by atoms with Gasteiger partial charge in [0.2, 0.25) is 0 Å². The third kappa shape index (κ3) is 2.44. The van der Waals surface area contributed by atoms with Crippen LogP contribution in [0.15, 0.2) is 35.9 Å². The summed E-state index contributed by atoms with van der Waals surface area (Å²) < 4.78 is 9.75. The van der Waals surface area contributed by atoms with Gasteiger partial charge in [-0.3, -0.25) is 4.79 Å². The molecular formula is C12H11NO4. The van der Waals surface area contributed by atoms with Crippen molar-refractivity contribution in [3.63, 3.8) is 0 Å². The number of nitrogens with one attached hydrogen (secondary N) is 1. The van der Waals surface area contributed by atoms with E-state index < -0.39 is 5.97 Å². The summed E-state index contributed by atoms with van der Waals surface area (Å²) in [5, 5.41) is 2.66. The van der Waals surface area contributed by atoms with Crippen molar-refractivity contribution >= 4 is 17.6 Å². The maximum atomic E-state index is 11.8. The number of para-hydroxylation sites is 2. The summed E-state index contributed by atoms with van der Waals surface area (Å²) in [6, 6.07) is 7.04. The molecule has 0 saturated carbocycles. The first-order chi connectivity index (χ1) is 8.20. The van der Waals surface area contributed by atoms with Gasteiger partial charge >= 0.3 is 5.97 Å². The lowest BCUT2D eigenvalue weighted by molar-refractivity contribution is -0.134. The molecule has 0 radical (unpaired) electrons. The number of anilines is 1.